The normalized spacial score (nSPS) is 17.0. The molecule has 0 saturated carbocycles. The molecule has 0 unspecified atom stereocenters. The first kappa shape index (κ1) is 16.7. The Morgan fingerprint density at radius 1 is 1.33 bits per heavy atom. The van der Waals surface area contributed by atoms with E-state index >= 15 is 0 Å². The van der Waals surface area contributed by atoms with Gasteiger partial charge in [0.25, 0.3) is 0 Å². The number of rotatable bonds is 6. The number of sulfonamides is 1. The smallest absolute Gasteiger partial charge is 0.241 e. The van der Waals surface area contributed by atoms with Crippen LogP contribution in [0.4, 0.5) is 5.69 Å². The topological polar surface area (TPSA) is 84.7 Å². The number of ether oxygens (including phenoxy) is 1. The highest BCUT2D eigenvalue weighted by molar-refractivity contribution is 9.10. The van der Waals surface area contributed by atoms with Gasteiger partial charge in [0.2, 0.25) is 10.0 Å². The lowest BCUT2D eigenvalue weighted by Gasteiger charge is -2.26. The summed E-state index contributed by atoms with van der Waals surface area (Å²) in [6, 6.07) is 4.67. The fourth-order valence-corrected chi connectivity index (χ4v) is 4.31. The minimum atomic E-state index is -3.51. The number of benzene rings is 1. The Kier molecular flexibility index (Phi) is 6.00. The van der Waals surface area contributed by atoms with E-state index in [0.29, 0.717) is 16.7 Å². The predicted molar refractivity (Wildman–Crippen MR) is 85.6 cm³/mol. The van der Waals surface area contributed by atoms with Gasteiger partial charge in [-0.25, -0.2) is 13.1 Å². The molecule has 0 radical (unpaired) electrons. The van der Waals surface area contributed by atoms with Crippen LogP contribution in [0.15, 0.2) is 27.6 Å². The van der Waals surface area contributed by atoms with Gasteiger partial charge in [-0.05, 0) is 47.1 Å². The van der Waals surface area contributed by atoms with Gasteiger partial charge in [-0.15, -0.1) is 0 Å². The number of nitrogens with zero attached hydrogens (tertiary/aromatic N) is 1. The lowest BCUT2D eigenvalue weighted by molar-refractivity contribution is 0.0376. The van der Waals surface area contributed by atoms with Crippen LogP contribution in [0, 0.1) is 0 Å². The van der Waals surface area contributed by atoms with Crippen LogP contribution in [-0.2, 0) is 14.8 Å². The summed E-state index contributed by atoms with van der Waals surface area (Å²) < 4.78 is 32.8. The lowest BCUT2D eigenvalue weighted by atomic mass is 10.3. The van der Waals surface area contributed by atoms with Crippen molar-refractivity contribution in [2.75, 3.05) is 45.1 Å². The third-order valence-corrected chi connectivity index (χ3v) is 5.73. The summed E-state index contributed by atoms with van der Waals surface area (Å²) in [5.74, 6) is 0. The Labute approximate surface area is 133 Å². The van der Waals surface area contributed by atoms with E-state index in [0.717, 1.165) is 39.3 Å². The number of nitrogen functional groups attached to an aromatic ring is 1. The van der Waals surface area contributed by atoms with Crippen molar-refractivity contribution in [1.29, 1.82) is 0 Å². The summed E-state index contributed by atoms with van der Waals surface area (Å²) in [5, 5.41) is 0. The van der Waals surface area contributed by atoms with Crippen LogP contribution in [0.2, 0.25) is 0 Å². The van der Waals surface area contributed by atoms with E-state index in [1.165, 1.54) is 6.07 Å². The van der Waals surface area contributed by atoms with Crippen LogP contribution in [0.3, 0.4) is 0 Å². The average Bonchev–Trinajstić information content (AvgIpc) is 2.44. The van der Waals surface area contributed by atoms with Crippen molar-refractivity contribution in [2.45, 2.75) is 11.3 Å². The van der Waals surface area contributed by atoms with Crippen molar-refractivity contribution in [3.63, 3.8) is 0 Å². The molecule has 2 rings (SSSR count). The molecular formula is C13H20BrN3O3S. The van der Waals surface area contributed by atoms with Gasteiger partial charge in [0, 0.05) is 29.8 Å². The second-order valence-electron chi connectivity index (χ2n) is 4.90. The van der Waals surface area contributed by atoms with Gasteiger partial charge in [-0.1, -0.05) is 0 Å². The molecule has 0 bridgehead atoms. The van der Waals surface area contributed by atoms with Crippen LogP contribution >= 0.6 is 15.9 Å². The Bertz CT molecular complexity index is 574. The largest absolute Gasteiger partial charge is 0.399 e. The number of hydrogen-bond acceptors (Lipinski definition) is 5. The summed E-state index contributed by atoms with van der Waals surface area (Å²) in [7, 11) is -3.51. The third kappa shape index (κ3) is 4.93. The van der Waals surface area contributed by atoms with Crippen LogP contribution in [0.25, 0.3) is 0 Å². The van der Waals surface area contributed by atoms with E-state index in [9.17, 15) is 8.42 Å². The first-order valence-electron chi connectivity index (χ1n) is 6.84. The van der Waals surface area contributed by atoms with Crippen molar-refractivity contribution in [1.82, 2.24) is 9.62 Å². The zero-order valence-corrected chi connectivity index (χ0v) is 14.1. The molecule has 118 valence electrons. The predicted octanol–water partition coefficient (Wildman–Crippen LogP) is 1.03. The summed E-state index contributed by atoms with van der Waals surface area (Å²) in [4.78, 5) is 2.49. The molecule has 1 aliphatic rings. The molecule has 1 fully saturated rings. The molecule has 1 saturated heterocycles. The second kappa shape index (κ2) is 7.55. The molecule has 8 heteroatoms. The Hall–Kier alpha value is -0.670. The van der Waals surface area contributed by atoms with Gasteiger partial charge >= 0.3 is 0 Å². The van der Waals surface area contributed by atoms with Gasteiger partial charge < -0.3 is 10.5 Å². The fourth-order valence-electron chi connectivity index (χ4n) is 2.15. The SMILES string of the molecule is Nc1ccc(S(=O)(=O)NCCCN2CCOCC2)c(Br)c1. The number of morpholine rings is 1. The van der Waals surface area contributed by atoms with E-state index in [2.05, 4.69) is 25.6 Å². The van der Waals surface area contributed by atoms with Crippen LogP contribution in [-0.4, -0.2) is 52.7 Å². The third-order valence-electron chi connectivity index (χ3n) is 3.29. The van der Waals surface area contributed by atoms with Crippen LogP contribution < -0.4 is 10.5 Å². The molecule has 0 aliphatic carbocycles. The van der Waals surface area contributed by atoms with Gasteiger partial charge in [0.05, 0.1) is 18.1 Å². The maximum absolute atomic E-state index is 12.2. The van der Waals surface area contributed by atoms with Crippen molar-refractivity contribution >= 4 is 31.6 Å². The van der Waals surface area contributed by atoms with Crippen molar-refractivity contribution in [3.8, 4) is 0 Å². The van der Waals surface area contributed by atoms with E-state index in [1.54, 1.807) is 12.1 Å². The molecule has 0 amide bonds. The summed E-state index contributed by atoms with van der Waals surface area (Å²) in [5.41, 5.74) is 6.14. The van der Waals surface area contributed by atoms with Crippen molar-refractivity contribution in [3.05, 3.63) is 22.7 Å². The highest BCUT2D eigenvalue weighted by Crippen LogP contribution is 2.23. The van der Waals surface area contributed by atoms with E-state index in [4.69, 9.17) is 10.5 Å². The highest BCUT2D eigenvalue weighted by Gasteiger charge is 2.17. The van der Waals surface area contributed by atoms with Crippen molar-refractivity contribution < 1.29 is 13.2 Å². The monoisotopic (exact) mass is 377 g/mol. The molecule has 3 N–H and O–H groups in total. The lowest BCUT2D eigenvalue weighted by Crippen LogP contribution is -2.38. The molecular weight excluding hydrogens is 358 g/mol. The first-order valence-corrected chi connectivity index (χ1v) is 9.11. The number of anilines is 1. The van der Waals surface area contributed by atoms with Gasteiger partial charge in [0.1, 0.15) is 0 Å². The minimum Gasteiger partial charge on any atom is -0.399 e. The first-order chi connectivity index (χ1) is 9.99. The summed E-state index contributed by atoms with van der Waals surface area (Å²) in [6.07, 6.45) is 0.770. The van der Waals surface area contributed by atoms with E-state index in [1.807, 2.05) is 0 Å². The molecule has 0 aromatic heterocycles. The number of nitrogens with one attached hydrogen (secondary N) is 1. The zero-order chi connectivity index (χ0) is 15.3. The Morgan fingerprint density at radius 2 is 2.05 bits per heavy atom. The summed E-state index contributed by atoms with van der Waals surface area (Å²) >= 11 is 3.23. The molecule has 1 heterocycles. The van der Waals surface area contributed by atoms with Gasteiger partial charge in [-0.2, -0.15) is 0 Å². The average molecular weight is 378 g/mol. The molecule has 1 aliphatic heterocycles. The van der Waals surface area contributed by atoms with Gasteiger partial charge in [0.15, 0.2) is 0 Å². The number of halogens is 1. The summed E-state index contributed by atoms with van der Waals surface area (Å²) in [6.45, 7) is 4.62. The molecule has 1 aromatic carbocycles. The quantitative estimate of drug-likeness (QED) is 0.571. The molecule has 0 spiro atoms. The standard InChI is InChI=1S/C13H20BrN3O3S/c14-12-10-11(15)2-3-13(12)21(18,19)16-4-1-5-17-6-8-20-9-7-17/h2-3,10,16H,1,4-9,15H2. The molecule has 21 heavy (non-hydrogen) atoms. The van der Waals surface area contributed by atoms with Crippen molar-refractivity contribution in [2.24, 2.45) is 0 Å². The van der Waals surface area contributed by atoms with E-state index < -0.39 is 10.0 Å². The van der Waals surface area contributed by atoms with Crippen LogP contribution in [0.5, 0.6) is 0 Å². The zero-order valence-electron chi connectivity index (χ0n) is 11.7. The maximum Gasteiger partial charge on any atom is 0.241 e. The molecule has 6 nitrogen and oxygen atoms in total. The number of nitrogens with two attached hydrogens (primary N) is 1. The molecule has 0 atom stereocenters. The maximum atomic E-state index is 12.2. The number of hydrogen-bond donors (Lipinski definition) is 2. The molecule has 1 aromatic rings. The Balaban J connectivity index is 1.83. The van der Waals surface area contributed by atoms with E-state index in [-0.39, 0.29) is 4.90 Å². The van der Waals surface area contributed by atoms with Gasteiger partial charge in [-0.3, -0.25) is 4.90 Å². The Morgan fingerprint density at radius 3 is 2.71 bits per heavy atom. The highest BCUT2D eigenvalue weighted by atomic mass is 79.9. The fraction of sp³-hybridized carbons (Fsp3) is 0.538. The van der Waals surface area contributed by atoms with Crippen LogP contribution in [0.1, 0.15) is 6.42 Å². The minimum absolute atomic E-state index is 0.211. The second-order valence-corrected chi connectivity index (χ2v) is 7.48.